The average molecular weight is 270 g/mol. The summed E-state index contributed by atoms with van der Waals surface area (Å²) in [6.07, 6.45) is 2.08. The number of carbonyl (C=O) groups excluding carboxylic acids is 1. The molecular weight excluding hydrogens is 244 g/mol. The number of likely N-dealkylation sites (tertiary alicyclic amines) is 1. The Morgan fingerprint density at radius 3 is 2.37 bits per heavy atom. The zero-order chi connectivity index (χ0) is 14.8. The summed E-state index contributed by atoms with van der Waals surface area (Å²) < 4.78 is 0. The fourth-order valence-electron chi connectivity index (χ4n) is 2.64. The van der Waals surface area contributed by atoms with Crippen molar-refractivity contribution in [1.29, 1.82) is 0 Å². The molecule has 2 amide bonds. The Hall–Kier alpha value is -1.26. The van der Waals surface area contributed by atoms with E-state index in [2.05, 4.69) is 13.8 Å². The lowest BCUT2D eigenvalue weighted by Gasteiger charge is -2.43. The molecule has 0 aromatic heterocycles. The van der Waals surface area contributed by atoms with E-state index in [-0.39, 0.29) is 11.4 Å². The molecule has 19 heavy (non-hydrogen) atoms. The standard InChI is InChI=1S/C14H26N2O3/c1-6-16(14(4,5)11(17)18)12(19)15-9-7-8-13(2,3)10-15/h6-10H2,1-5H3,(H,17,18). The van der Waals surface area contributed by atoms with Crippen molar-refractivity contribution in [3.63, 3.8) is 0 Å². The van der Waals surface area contributed by atoms with Gasteiger partial charge < -0.3 is 14.9 Å². The number of rotatable bonds is 3. The van der Waals surface area contributed by atoms with Gasteiger partial charge >= 0.3 is 12.0 Å². The molecule has 0 saturated carbocycles. The number of carboxylic acids is 1. The summed E-state index contributed by atoms with van der Waals surface area (Å²) in [7, 11) is 0. The van der Waals surface area contributed by atoms with E-state index in [1.54, 1.807) is 18.7 Å². The summed E-state index contributed by atoms with van der Waals surface area (Å²) in [5.41, 5.74) is -1.06. The van der Waals surface area contributed by atoms with Crippen LogP contribution in [0.3, 0.4) is 0 Å². The largest absolute Gasteiger partial charge is 0.480 e. The average Bonchev–Trinajstić information content (AvgIpc) is 2.27. The SMILES string of the molecule is CCN(C(=O)N1CCCC(C)(C)C1)C(C)(C)C(=O)O. The van der Waals surface area contributed by atoms with Gasteiger partial charge in [-0.05, 0) is 39.0 Å². The molecule has 0 radical (unpaired) electrons. The van der Waals surface area contributed by atoms with Crippen molar-refractivity contribution in [2.45, 2.75) is 53.0 Å². The first-order valence-corrected chi connectivity index (χ1v) is 6.92. The molecule has 5 heteroatoms. The molecule has 1 rings (SSSR count). The van der Waals surface area contributed by atoms with Gasteiger partial charge in [0.25, 0.3) is 0 Å². The van der Waals surface area contributed by atoms with Crippen molar-refractivity contribution in [2.75, 3.05) is 19.6 Å². The van der Waals surface area contributed by atoms with Crippen LogP contribution in [0.1, 0.15) is 47.5 Å². The number of hydrogen-bond donors (Lipinski definition) is 1. The van der Waals surface area contributed by atoms with E-state index in [1.165, 1.54) is 4.90 Å². The second kappa shape index (κ2) is 5.39. The Labute approximate surface area is 115 Å². The third-order valence-corrected chi connectivity index (χ3v) is 3.92. The van der Waals surface area contributed by atoms with Gasteiger partial charge in [0.2, 0.25) is 0 Å². The second-order valence-electron chi connectivity index (χ2n) is 6.58. The predicted octanol–water partition coefficient (Wildman–Crippen LogP) is 2.41. The highest BCUT2D eigenvalue weighted by molar-refractivity contribution is 5.85. The van der Waals surface area contributed by atoms with E-state index < -0.39 is 11.5 Å². The lowest BCUT2D eigenvalue weighted by Crippen LogP contribution is -2.58. The van der Waals surface area contributed by atoms with Gasteiger partial charge in [-0.2, -0.15) is 0 Å². The number of piperidine rings is 1. The summed E-state index contributed by atoms with van der Waals surface area (Å²) in [4.78, 5) is 27.1. The number of likely N-dealkylation sites (N-methyl/N-ethyl adjacent to an activating group) is 1. The summed E-state index contributed by atoms with van der Waals surface area (Å²) in [6.45, 7) is 11.1. The normalized spacial score (nSPS) is 19.1. The van der Waals surface area contributed by atoms with Gasteiger partial charge in [0.15, 0.2) is 0 Å². The van der Waals surface area contributed by atoms with Gasteiger partial charge in [-0.15, -0.1) is 0 Å². The number of aliphatic carboxylic acids is 1. The molecule has 1 fully saturated rings. The number of carbonyl (C=O) groups is 2. The van der Waals surface area contributed by atoms with Crippen LogP contribution in [-0.4, -0.2) is 52.1 Å². The van der Waals surface area contributed by atoms with Crippen LogP contribution in [0.15, 0.2) is 0 Å². The van der Waals surface area contributed by atoms with Crippen LogP contribution in [0.4, 0.5) is 4.79 Å². The molecule has 5 nitrogen and oxygen atoms in total. The molecule has 1 saturated heterocycles. The molecule has 1 heterocycles. The second-order valence-corrected chi connectivity index (χ2v) is 6.58. The van der Waals surface area contributed by atoms with Gasteiger partial charge in [0.1, 0.15) is 5.54 Å². The van der Waals surface area contributed by atoms with Gasteiger partial charge in [0, 0.05) is 19.6 Å². The van der Waals surface area contributed by atoms with E-state index in [9.17, 15) is 14.7 Å². The van der Waals surface area contributed by atoms with Crippen LogP contribution in [0.5, 0.6) is 0 Å². The van der Waals surface area contributed by atoms with Crippen LogP contribution in [0, 0.1) is 5.41 Å². The van der Waals surface area contributed by atoms with Crippen molar-refractivity contribution in [3.8, 4) is 0 Å². The highest BCUT2D eigenvalue weighted by Crippen LogP contribution is 2.30. The number of carboxylic acid groups (broad SMARTS) is 1. The summed E-state index contributed by atoms with van der Waals surface area (Å²) in [5.74, 6) is -0.973. The number of hydrogen-bond acceptors (Lipinski definition) is 2. The van der Waals surface area contributed by atoms with Crippen molar-refractivity contribution < 1.29 is 14.7 Å². The molecule has 1 N–H and O–H groups in total. The van der Waals surface area contributed by atoms with E-state index in [0.29, 0.717) is 19.6 Å². The Morgan fingerprint density at radius 1 is 1.37 bits per heavy atom. The van der Waals surface area contributed by atoms with Crippen LogP contribution in [0.25, 0.3) is 0 Å². The Morgan fingerprint density at radius 2 is 1.95 bits per heavy atom. The van der Waals surface area contributed by atoms with E-state index in [1.807, 2.05) is 6.92 Å². The molecule has 0 aliphatic carbocycles. The van der Waals surface area contributed by atoms with Crippen molar-refractivity contribution in [1.82, 2.24) is 9.80 Å². The molecular formula is C14H26N2O3. The molecule has 1 aliphatic rings. The number of urea groups is 1. The molecule has 1 aliphatic heterocycles. The van der Waals surface area contributed by atoms with E-state index >= 15 is 0 Å². The van der Waals surface area contributed by atoms with Crippen molar-refractivity contribution in [3.05, 3.63) is 0 Å². The lowest BCUT2D eigenvalue weighted by atomic mass is 9.84. The third kappa shape index (κ3) is 3.39. The molecule has 0 spiro atoms. The van der Waals surface area contributed by atoms with E-state index in [0.717, 1.165) is 12.8 Å². The smallest absolute Gasteiger partial charge is 0.329 e. The van der Waals surface area contributed by atoms with Crippen LogP contribution in [0.2, 0.25) is 0 Å². The molecule has 0 bridgehead atoms. The lowest BCUT2D eigenvalue weighted by molar-refractivity contribution is -0.147. The van der Waals surface area contributed by atoms with Crippen molar-refractivity contribution >= 4 is 12.0 Å². The summed E-state index contributed by atoms with van der Waals surface area (Å²) in [6, 6.07) is -0.164. The Bertz CT molecular complexity index is 364. The molecule has 0 atom stereocenters. The Kier molecular flexibility index (Phi) is 4.48. The minimum Gasteiger partial charge on any atom is -0.480 e. The van der Waals surface area contributed by atoms with Gasteiger partial charge in [-0.25, -0.2) is 9.59 Å². The zero-order valence-corrected chi connectivity index (χ0v) is 12.7. The van der Waals surface area contributed by atoms with Crippen LogP contribution >= 0.6 is 0 Å². The third-order valence-electron chi connectivity index (χ3n) is 3.92. The fourth-order valence-corrected chi connectivity index (χ4v) is 2.64. The molecule has 0 aromatic rings. The summed E-state index contributed by atoms with van der Waals surface area (Å²) >= 11 is 0. The Balaban J connectivity index is 2.88. The maximum Gasteiger partial charge on any atom is 0.329 e. The number of nitrogens with zero attached hydrogens (tertiary/aromatic N) is 2. The summed E-state index contributed by atoms with van der Waals surface area (Å²) in [5, 5.41) is 9.28. The maximum atomic E-state index is 12.6. The minimum absolute atomic E-state index is 0.112. The maximum absolute atomic E-state index is 12.6. The molecule has 0 aromatic carbocycles. The van der Waals surface area contributed by atoms with Crippen molar-refractivity contribution in [2.24, 2.45) is 5.41 Å². The number of amides is 2. The topological polar surface area (TPSA) is 60.9 Å². The van der Waals surface area contributed by atoms with Crippen LogP contribution in [-0.2, 0) is 4.79 Å². The van der Waals surface area contributed by atoms with Crippen LogP contribution < -0.4 is 0 Å². The molecule has 110 valence electrons. The quantitative estimate of drug-likeness (QED) is 0.856. The van der Waals surface area contributed by atoms with Gasteiger partial charge in [-0.3, -0.25) is 0 Å². The first-order chi connectivity index (χ1) is 8.62. The van der Waals surface area contributed by atoms with Gasteiger partial charge in [-0.1, -0.05) is 13.8 Å². The van der Waals surface area contributed by atoms with E-state index in [4.69, 9.17) is 0 Å². The highest BCUT2D eigenvalue weighted by atomic mass is 16.4. The highest BCUT2D eigenvalue weighted by Gasteiger charge is 2.40. The fraction of sp³-hybridized carbons (Fsp3) is 0.857. The first kappa shape index (κ1) is 15.8. The van der Waals surface area contributed by atoms with Gasteiger partial charge in [0.05, 0.1) is 0 Å². The molecule has 0 unspecified atom stereocenters. The minimum atomic E-state index is -1.17. The first-order valence-electron chi connectivity index (χ1n) is 6.92. The zero-order valence-electron chi connectivity index (χ0n) is 12.7. The monoisotopic (exact) mass is 270 g/mol. The predicted molar refractivity (Wildman–Crippen MR) is 74.1 cm³/mol.